The number of nitrogens with zero attached hydrogens (tertiary/aromatic N) is 3. The van der Waals surface area contributed by atoms with Crippen molar-refractivity contribution in [3.8, 4) is 17.4 Å². The molecule has 0 aliphatic rings. The average Bonchev–Trinajstić information content (AvgIpc) is 2.41. The highest BCUT2D eigenvalue weighted by Gasteiger charge is 2.09. The molecule has 1 aromatic carbocycles. The van der Waals surface area contributed by atoms with E-state index in [9.17, 15) is 0 Å². The van der Waals surface area contributed by atoms with Crippen LogP contribution in [0.4, 0.5) is 5.95 Å². The number of aryl methyl sites for hydroxylation is 1. The largest absolute Gasteiger partial charge is 0.467 e. The summed E-state index contributed by atoms with van der Waals surface area (Å²) in [6.07, 6.45) is 0. The zero-order chi connectivity index (χ0) is 13.1. The van der Waals surface area contributed by atoms with E-state index in [4.69, 9.17) is 16.3 Å². The molecule has 2 rings (SSSR count). The quantitative estimate of drug-likeness (QED) is 0.923. The van der Waals surface area contributed by atoms with Crippen LogP contribution in [0.5, 0.6) is 6.01 Å². The van der Waals surface area contributed by atoms with Gasteiger partial charge in [-0.2, -0.15) is 15.0 Å². The van der Waals surface area contributed by atoms with Crippen molar-refractivity contribution in [1.82, 2.24) is 15.0 Å². The van der Waals surface area contributed by atoms with Gasteiger partial charge < -0.3 is 10.1 Å². The molecule has 0 fully saturated rings. The zero-order valence-electron chi connectivity index (χ0n) is 10.4. The van der Waals surface area contributed by atoms with Gasteiger partial charge in [0, 0.05) is 17.6 Å². The van der Waals surface area contributed by atoms with E-state index in [1.807, 2.05) is 25.1 Å². The van der Waals surface area contributed by atoms with Crippen molar-refractivity contribution in [3.05, 3.63) is 28.8 Å². The van der Waals surface area contributed by atoms with Crippen LogP contribution in [0, 0.1) is 6.92 Å². The predicted octanol–water partition coefficient (Wildman–Crippen LogP) is 2.55. The lowest BCUT2D eigenvalue weighted by molar-refractivity contribution is 0.379. The number of ether oxygens (including phenoxy) is 1. The topological polar surface area (TPSA) is 59.9 Å². The number of rotatable bonds is 3. The van der Waals surface area contributed by atoms with E-state index in [-0.39, 0.29) is 6.01 Å². The van der Waals surface area contributed by atoms with Crippen LogP contribution in [0.15, 0.2) is 18.2 Å². The van der Waals surface area contributed by atoms with Gasteiger partial charge in [-0.1, -0.05) is 23.7 Å². The van der Waals surface area contributed by atoms with Crippen molar-refractivity contribution in [2.24, 2.45) is 0 Å². The maximum absolute atomic E-state index is 6.09. The monoisotopic (exact) mass is 264 g/mol. The summed E-state index contributed by atoms with van der Waals surface area (Å²) in [6, 6.07) is 5.93. The first-order valence-corrected chi connectivity index (χ1v) is 5.76. The van der Waals surface area contributed by atoms with E-state index in [1.54, 1.807) is 7.05 Å². The number of halogens is 1. The Morgan fingerprint density at radius 2 is 2.00 bits per heavy atom. The molecule has 0 aliphatic heterocycles. The summed E-state index contributed by atoms with van der Waals surface area (Å²) in [7, 11) is 3.25. The number of benzene rings is 1. The number of nitrogens with one attached hydrogen (secondary N) is 1. The number of methoxy groups -OCH3 is 1. The highest BCUT2D eigenvalue weighted by molar-refractivity contribution is 6.31. The zero-order valence-corrected chi connectivity index (χ0v) is 11.1. The third kappa shape index (κ3) is 2.51. The van der Waals surface area contributed by atoms with Crippen molar-refractivity contribution in [1.29, 1.82) is 0 Å². The minimum atomic E-state index is 0.265. The molecule has 5 nitrogen and oxygen atoms in total. The highest BCUT2D eigenvalue weighted by Crippen LogP contribution is 2.24. The van der Waals surface area contributed by atoms with Crippen molar-refractivity contribution in [2.45, 2.75) is 6.92 Å². The first-order chi connectivity index (χ1) is 8.63. The second-order valence-corrected chi connectivity index (χ2v) is 4.09. The minimum absolute atomic E-state index is 0.265. The van der Waals surface area contributed by atoms with E-state index < -0.39 is 0 Å². The van der Waals surface area contributed by atoms with Crippen LogP contribution in [-0.2, 0) is 0 Å². The summed E-state index contributed by atoms with van der Waals surface area (Å²) in [6.45, 7) is 1.94. The van der Waals surface area contributed by atoms with Crippen molar-refractivity contribution < 1.29 is 4.74 Å². The van der Waals surface area contributed by atoms with E-state index >= 15 is 0 Å². The molecule has 0 radical (unpaired) electrons. The molecule has 0 spiro atoms. The maximum atomic E-state index is 6.09. The summed E-state index contributed by atoms with van der Waals surface area (Å²) in [5.74, 6) is 0.974. The molecule has 18 heavy (non-hydrogen) atoms. The Kier molecular flexibility index (Phi) is 3.62. The van der Waals surface area contributed by atoms with E-state index in [0.29, 0.717) is 16.8 Å². The molecule has 1 N–H and O–H groups in total. The number of hydrogen-bond donors (Lipinski definition) is 1. The molecule has 0 saturated heterocycles. The molecule has 0 aliphatic carbocycles. The third-order valence-corrected chi connectivity index (χ3v) is 2.86. The van der Waals surface area contributed by atoms with Gasteiger partial charge in [0.25, 0.3) is 0 Å². The lowest BCUT2D eigenvalue weighted by Gasteiger charge is -2.06. The lowest BCUT2D eigenvalue weighted by Crippen LogP contribution is -2.03. The van der Waals surface area contributed by atoms with Gasteiger partial charge in [-0.15, -0.1) is 0 Å². The summed E-state index contributed by atoms with van der Waals surface area (Å²) in [4.78, 5) is 12.5. The van der Waals surface area contributed by atoms with Crippen molar-refractivity contribution in [2.75, 3.05) is 19.5 Å². The van der Waals surface area contributed by atoms with Crippen molar-refractivity contribution >= 4 is 17.5 Å². The van der Waals surface area contributed by atoms with Crippen LogP contribution in [0.3, 0.4) is 0 Å². The Balaban J connectivity index is 2.51. The Labute approximate surface area is 110 Å². The second kappa shape index (κ2) is 5.18. The van der Waals surface area contributed by atoms with Crippen LogP contribution in [0.2, 0.25) is 5.02 Å². The van der Waals surface area contributed by atoms with Crippen LogP contribution in [0.1, 0.15) is 5.56 Å². The first kappa shape index (κ1) is 12.6. The maximum Gasteiger partial charge on any atom is 0.321 e. The molecule has 0 bridgehead atoms. The van der Waals surface area contributed by atoms with Gasteiger partial charge in [0.2, 0.25) is 5.95 Å². The van der Waals surface area contributed by atoms with Gasteiger partial charge in [-0.25, -0.2) is 0 Å². The van der Waals surface area contributed by atoms with E-state index in [2.05, 4.69) is 20.3 Å². The predicted molar refractivity (Wildman–Crippen MR) is 71.1 cm³/mol. The van der Waals surface area contributed by atoms with Gasteiger partial charge in [-0.3, -0.25) is 0 Å². The fourth-order valence-corrected chi connectivity index (χ4v) is 1.60. The number of aromatic nitrogens is 3. The molecule has 94 valence electrons. The Hall–Kier alpha value is -1.88. The molecule has 6 heteroatoms. The average molecular weight is 265 g/mol. The van der Waals surface area contributed by atoms with Gasteiger partial charge >= 0.3 is 6.01 Å². The van der Waals surface area contributed by atoms with Crippen LogP contribution in [0.25, 0.3) is 11.4 Å². The van der Waals surface area contributed by atoms with Gasteiger partial charge in [-0.05, 0) is 18.6 Å². The number of hydrogen-bond acceptors (Lipinski definition) is 5. The molecule has 1 aromatic heterocycles. The summed E-state index contributed by atoms with van der Waals surface area (Å²) < 4.78 is 5.04. The van der Waals surface area contributed by atoms with E-state index in [0.717, 1.165) is 11.1 Å². The van der Waals surface area contributed by atoms with Crippen LogP contribution in [-0.4, -0.2) is 29.1 Å². The highest BCUT2D eigenvalue weighted by atomic mass is 35.5. The molecular formula is C12H13ClN4O. The summed E-state index contributed by atoms with van der Waals surface area (Å²) >= 11 is 6.09. The second-order valence-electron chi connectivity index (χ2n) is 3.68. The Morgan fingerprint density at radius 1 is 1.22 bits per heavy atom. The summed E-state index contributed by atoms with van der Waals surface area (Å²) in [5, 5.41) is 3.54. The third-order valence-electron chi connectivity index (χ3n) is 2.45. The Bertz CT molecular complexity index is 552. The smallest absolute Gasteiger partial charge is 0.321 e. The summed E-state index contributed by atoms with van der Waals surface area (Å²) in [5.41, 5.74) is 1.83. The molecule has 0 unspecified atom stereocenters. The molecule has 0 amide bonds. The molecule has 1 heterocycles. The standard InChI is InChI=1S/C12H13ClN4O/c1-7-4-5-8(6-9(7)13)10-15-11(14-2)17-12(16-10)18-3/h4-6H,1-3H3,(H,14,15,16,17). The Morgan fingerprint density at radius 3 is 2.61 bits per heavy atom. The fourth-order valence-electron chi connectivity index (χ4n) is 1.42. The van der Waals surface area contributed by atoms with Gasteiger partial charge in [0.1, 0.15) is 0 Å². The molecular weight excluding hydrogens is 252 g/mol. The lowest BCUT2D eigenvalue weighted by atomic mass is 10.1. The van der Waals surface area contributed by atoms with Crippen LogP contribution < -0.4 is 10.1 Å². The fraction of sp³-hybridized carbons (Fsp3) is 0.250. The van der Waals surface area contributed by atoms with E-state index in [1.165, 1.54) is 7.11 Å². The molecule has 0 saturated carbocycles. The number of anilines is 1. The van der Waals surface area contributed by atoms with Gasteiger partial charge in [0.15, 0.2) is 5.82 Å². The first-order valence-electron chi connectivity index (χ1n) is 5.38. The van der Waals surface area contributed by atoms with Gasteiger partial charge in [0.05, 0.1) is 7.11 Å². The van der Waals surface area contributed by atoms with Crippen LogP contribution >= 0.6 is 11.6 Å². The molecule has 0 atom stereocenters. The normalized spacial score (nSPS) is 10.2. The SMILES string of the molecule is CNc1nc(OC)nc(-c2ccc(C)c(Cl)c2)n1. The minimum Gasteiger partial charge on any atom is -0.467 e. The molecule has 2 aromatic rings. The van der Waals surface area contributed by atoms with Crippen molar-refractivity contribution in [3.63, 3.8) is 0 Å².